The van der Waals surface area contributed by atoms with Crippen LogP contribution in [0.1, 0.15) is 5.56 Å². The van der Waals surface area contributed by atoms with Gasteiger partial charge in [-0.1, -0.05) is 6.07 Å². The van der Waals surface area contributed by atoms with Gasteiger partial charge in [0.25, 0.3) is 5.56 Å². The maximum absolute atomic E-state index is 12.0. The standard InChI is InChI=1S/C13H10N4OS/c18-13-4-11(12-2-1-3-19-12)16-9-17(13)7-10-5-14-8-15-6-10/h1-6,8-9H,7H2. The lowest BCUT2D eigenvalue weighted by atomic mass is 10.3. The Hall–Kier alpha value is -2.34. The van der Waals surface area contributed by atoms with Crippen LogP contribution in [-0.4, -0.2) is 19.5 Å². The predicted octanol–water partition coefficient (Wildman–Crippen LogP) is 1.81. The number of hydrogen-bond acceptors (Lipinski definition) is 5. The molecular formula is C13H10N4OS. The molecule has 0 bridgehead atoms. The second kappa shape index (κ2) is 5.11. The van der Waals surface area contributed by atoms with Crippen molar-refractivity contribution in [1.82, 2.24) is 19.5 Å². The van der Waals surface area contributed by atoms with Crippen molar-refractivity contribution >= 4 is 11.3 Å². The van der Waals surface area contributed by atoms with Gasteiger partial charge in [-0.3, -0.25) is 9.36 Å². The van der Waals surface area contributed by atoms with Crippen molar-refractivity contribution in [2.45, 2.75) is 6.54 Å². The molecule has 0 atom stereocenters. The Labute approximate surface area is 113 Å². The second-order valence-corrected chi connectivity index (χ2v) is 4.91. The molecule has 0 aliphatic rings. The molecule has 3 rings (SSSR count). The van der Waals surface area contributed by atoms with Crippen LogP contribution in [0.5, 0.6) is 0 Å². The third-order valence-corrected chi connectivity index (χ3v) is 3.51. The lowest BCUT2D eigenvalue weighted by Gasteiger charge is -2.05. The summed E-state index contributed by atoms with van der Waals surface area (Å²) in [6, 6.07) is 5.44. The van der Waals surface area contributed by atoms with E-state index in [1.807, 2.05) is 17.5 Å². The van der Waals surface area contributed by atoms with Gasteiger partial charge in [0.15, 0.2) is 0 Å². The van der Waals surface area contributed by atoms with E-state index in [4.69, 9.17) is 0 Å². The zero-order chi connectivity index (χ0) is 13.1. The summed E-state index contributed by atoms with van der Waals surface area (Å²) >= 11 is 1.56. The summed E-state index contributed by atoms with van der Waals surface area (Å²) in [5.41, 5.74) is 1.50. The van der Waals surface area contributed by atoms with E-state index in [1.54, 1.807) is 36.1 Å². The molecule has 3 aromatic rings. The van der Waals surface area contributed by atoms with E-state index < -0.39 is 0 Å². The fourth-order valence-electron chi connectivity index (χ4n) is 1.71. The average Bonchev–Trinajstić information content (AvgIpc) is 2.96. The third-order valence-electron chi connectivity index (χ3n) is 2.62. The molecule has 0 spiro atoms. The molecule has 19 heavy (non-hydrogen) atoms. The quantitative estimate of drug-likeness (QED) is 0.728. The lowest BCUT2D eigenvalue weighted by molar-refractivity contribution is 0.731. The molecule has 0 saturated heterocycles. The summed E-state index contributed by atoms with van der Waals surface area (Å²) in [4.78, 5) is 25.2. The van der Waals surface area contributed by atoms with Crippen LogP contribution in [0, 0.1) is 0 Å². The van der Waals surface area contributed by atoms with E-state index >= 15 is 0 Å². The summed E-state index contributed by atoms with van der Waals surface area (Å²) in [5.74, 6) is 0. The van der Waals surface area contributed by atoms with Crippen LogP contribution in [0.15, 0.2) is 53.4 Å². The Morgan fingerprint density at radius 1 is 1.26 bits per heavy atom. The number of hydrogen-bond donors (Lipinski definition) is 0. The Balaban J connectivity index is 1.91. The fraction of sp³-hybridized carbons (Fsp3) is 0.0769. The van der Waals surface area contributed by atoms with Gasteiger partial charge in [0.05, 0.1) is 23.4 Å². The van der Waals surface area contributed by atoms with Gasteiger partial charge >= 0.3 is 0 Å². The molecule has 0 unspecified atom stereocenters. The Morgan fingerprint density at radius 2 is 2.11 bits per heavy atom. The SMILES string of the molecule is O=c1cc(-c2cccs2)ncn1Cc1cncnc1. The van der Waals surface area contributed by atoms with Crippen LogP contribution in [0.4, 0.5) is 0 Å². The predicted molar refractivity (Wildman–Crippen MR) is 72.9 cm³/mol. The van der Waals surface area contributed by atoms with Crippen LogP contribution in [-0.2, 0) is 6.54 Å². The van der Waals surface area contributed by atoms with Gasteiger partial charge in [-0.05, 0) is 11.4 Å². The molecule has 3 aromatic heterocycles. The molecule has 3 heterocycles. The van der Waals surface area contributed by atoms with Crippen LogP contribution in [0.2, 0.25) is 0 Å². The Kier molecular flexibility index (Phi) is 3.16. The van der Waals surface area contributed by atoms with Gasteiger partial charge in [-0.25, -0.2) is 15.0 Å². The first-order valence-electron chi connectivity index (χ1n) is 5.67. The monoisotopic (exact) mass is 270 g/mol. The molecule has 94 valence electrons. The van der Waals surface area contributed by atoms with Crippen molar-refractivity contribution in [3.63, 3.8) is 0 Å². The largest absolute Gasteiger partial charge is 0.295 e. The number of rotatable bonds is 3. The average molecular weight is 270 g/mol. The maximum Gasteiger partial charge on any atom is 0.254 e. The first-order chi connectivity index (χ1) is 9.33. The van der Waals surface area contributed by atoms with Crippen molar-refractivity contribution in [1.29, 1.82) is 0 Å². The molecule has 0 saturated carbocycles. The van der Waals surface area contributed by atoms with Gasteiger partial charge in [0.1, 0.15) is 6.33 Å². The van der Waals surface area contributed by atoms with Crippen LogP contribution in [0.3, 0.4) is 0 Å². The van der Waals surface area contributed by atoms with Crippen molar-refractivity contribution in [3.05, 3.63) is 64.5 Å². The van der Waals surface area contributed by atoms with Crippen LogP contribution >= 0.6 is 11.3 Å². The molecule has 0 amide bonds. The van der Waals surface area contributed by atoms with Gasteiger partial charge in [0, 0.05) is 24.0 Å². The zero-order valence-electron chi connectivity index (χ0n) is 9.93. The smallest absolute Gasteiger partial charge is 0.254 e. The molecule has 0 N–H and O–H groups in total. The Bertz CT molecular complexity index is 722. The molecule has 0 aromatic carbocycles. The van der Waals surface area contributed by atoms with E-state index in [1.165, 1.54) is 10.9 Å². The second-order valence-electron chi connectivity index (χ2n) is 3.96. The summed E-state index contributed by atoms with van der Waals surface area (Å²) in [7, 11) is 0. The van der Waals surface area contributed by atoms with Crippen molar-refractivity contribution in [3.8, 4) is 10.6 Å². The van der Waals surface area contributed by atoms with E-state index in [0.717, 1.165) is 10.4 Å². The molecule has 6 heteroatoms. The summed E-state index contributed by atoms with van der Waals surface area (Å²) in [6.45, 7) is 0.428. The van der Waals surface area contributed by atoms with Crippen molar-refractivity contribution < 1.29 is 0 Å². The molecule has 0 radical (unpaired) electrons. The molecule has 5 nitrogen and oxygen atoms in total. The highest BCUT2D eigenvalue weighted by atomic mass is 32.1. The highest BCUT2D eigenvalue weighted by molar-refractivity contribution is 7.13. The highest BCUT2D eigenvalue weighted by Gasteiger charge is 2.04. The van der Waals surface area contributed by atoms with Crippen molar-refractivity contribution in [2.24, 2.45) is 0 Å². The van der Waals surface area contributed by atoms with Gasteiger partial charge in [0.2, 0.25) is 0 Å². The molecule has 0 fully saturated rings. The number of nitrogens with zero attached hydrogens (tertiary/aromatic N) is 4. The minimum absolute atomic E-state index is 0.0812. The first-order valence-corrected chi connectivity index (χ1v) is 6.55. The van der Waals surface area contributed by atoms with Gasteiger partial charge in [-0.2, -0.15) is 0 Å². The Morgan fingerprint density at radius 3 is 2.79 bits per heavy atom. The summed E-state index contributed by atoms with van der Waals surface area (Å²) in [5, 5.41) is 1.96. The normalized spacial score (nSPS) is 10.5. The van der Waals surface area contributed by atoms with Gasteiger partial charge in [-0.15, -0.1) is 11.3 Å². The topological polar surface area (TPSA) is 60.7 Å². The lowest BCUT2D eigenvalue weighted by Crippen LogP contribution is -2.20. The summed E-state index contributed by atoms with van der Waals surface area (Å²) < 4.78 is 1.54. The van der Waals surface area contributed by atoms with Crippen LogP contribution < -0.4 is 5.56 Å². The van der Waals surface area contributed by atoms with Gasteiger partial charge < -0.3 is 0 Å². The minimum atomic E-state index is -0.0812. The van der Waals surface area contributed by atoms with Crippen molar-refractivity contribution in [2.75, 3.05) is 0 Å². The van der Waals surface area contributed by atoms with E-state index in [0.29, 0.717) is 12.2 Å². The molecular weight excluding hydrogens is 260 g/mol. The maximum atomic E-state index is 12.0. The van der Waals surface area contributed by atoms with E-state index in [2.05, 4.69) is 15.0 Å². The first kappa shape index (κ1) is 11.7. The zero-order valence-corrected chi connectivity index (χ0v) is 10.7. The number of thiophene rings is 1. The summed E-state index contributed by atoms with van der Waals surface area (Å²) in [6.07, 6.45) is 6.40. The fourth-order valence-corrected chi connectivity index (χ4v) is 2.41. The highest BCUT2D eigenvalue weighted by Crippen LogP contribution is 2.20. The van der Waals surface area contributed by atoms with Crippen LogP contribution in [0.25, 0.3) is 10.6 Å². The van der Waals surface area contributed by atoms with E-state index in [9.17, 15) is 4.79 Å². The molecule has 0 aliphatic heterocycles. The molecule has 0 aliphatic carbocycles. The number of aromatic nitrogens is 4. The third kappa shape index (κ3) is 2.58. The minimum Gasteiger partial charge on any atom is -0.295 e. The van der Waals surface area contributed by atoms with E-state index in [-0.39, 0.29) is 5.56 Å².